The minimum atomic E-state index is 0.880. The third-order valence-electron chi connectivity index (χ3n) is 2.74. The third-order valence-corrected chi connectivity index (χ3v) is 2.74. The van der Waals surface area contributed by atoms with E-state index >= 15 is 0 Å². The van der Waals surface area contributed by atoms with Gasteiger partial charge in [-0.15, -0.1) is 0 Å². The standard InChI is InChI=1S/C9H19N/c1-4-5-9-8(2)6-7-10(9)3/h8-9H,4-7H2,1-3H3. The van der Waals surface area contributed by atoms with Crippen LogP contribution in [0.2, 0.25) is 0 Å². The van der Waals surface area contributed by atoms with E-state index in [2.05, 4.69) is 25.8 Å². The fourth-order valence-electron chi connectivity index (χ4n) is 2.00. The number of hydrogen-bond donors (Lipinski definition) is 0. The molecule has 0 N–H and O–H groups in total. The average Bonchev–Trinajstić information content (AvgIpc) is 2.20. The summed E-state index contributed by atoms with van der Waals surface area (Å²) in [6, 6.07) is 0.880. The van der Waals surface area contributed by atoms with Crippen molar-refractivity contribution < 1.29 is 0 Å². The predicted molar refractivity (Wildman–Crippen MR) is 45.1 cm³/mol. The Hall–Kier alpha value is -0.0400. The van der Waals surface area contributed by atoms with Crippen LogP contribution < -0.4 is 0 Å². The van der Waals surface area contributed by atoms with Gasteiger partial charge in [-0.05, 0) is 32.4 Å². The topological polar surface area (TPSA) is 3.24 Å². The van der Waals surface area contributed by atoms with Crippen molar-refractivity contribution in [2.24, 2.45) is 5.92 Å². The molecule has 60 valence electrons. The Bertz CT molecular complexity index is 90.9. The van der Waals surface area contributed by atoms with E-state index in [4.69, 9.17) is 0 Å². The second-order valence-corrected chi connectivity index (χ2v) is 3.60. The highest BCUT2D eigenvalue weighted by molar-refractivity contribution is 4.81. The molecule has 1 heteroatoms. The fourth-order valence-corrected chi connectivity index (χ4v) is 2.00. The lowest BCUT2D eigenvalue weighted by Gasteiger charge is -2.21. The highest BCUT2D eigenvalue weighted by Crippen LogP contribution is 2.25. The summed E-state index contributed by atoms with van der Waals surface area (Å²) in [6.07, 6.45) is 4.12. The monoisotopic (exact) mass is 141 g/mol. The number of nitrogens with zero attached hydrogens (tertiary/aromatic N) is 1. The molecule has 0 amide bonds. The molecule has 0 radical (unpaired) electrons. The molecule has 1 fully saturated rings. The summed E-state index contributed by atoms with van der Waals surface area (Å²) in [7, 11) is 2.25. The van der Waals surface area contributed by atoms with Crippen molar-refractivity contribution in [2.45, 2.75) is 39.2 Å². The highest BCUT2D eigenvalue weighted by atomic mass is 15.1. The van der Waals surface area contributed by atoms with Crippen LogP contribution in [-0.2, 0) is 0 Å². The molecule has 1 saturated heterocycles. The van der Waals surface area contributed by atoms with E-state index in [0.717, 1.165) is 12.0 Å². The lowest BCUT2D eigenvalue weighted by Crippen LogP contribution is -2.27. The molecular weight excluding hydrogens is 122 g/mol. The number of hydrogen-bond acceptors (Lipinski definition) is 1. The summed E-state index contributed by atoms with van der Waals surface area (Å²) in [6.45, 7) is 5.97. The van der Waals surface area contributed by atoms with Gasteiger partial charge in [0.15, 0.2) is 0 Å². The van der Waals surface area contributed by atoms with E-state index in [-0.39, 0.29) is 0 Å². The van der Waals surface area contributed by atoms with Crippen LogP contribution in [-0.4, -0.2) is 24.5 Å². The van der Waals surface area contributed by atoms with Crippen LogP contribution >= 0.6 is 0 Å². The van der Waals surface area contributed by atoms with E-state index in [1.54, 1.807) is 0 Å². The van der Waals surface area contributed by atoms with Crippen molar-refractivity contribution in [3.05, 3.63) is 0 Å². The Morgan fingerprint density at radius 2 is 2.20 bits per heavy atom. The van der Waals surface area contributed by atoms with Gasteiger partial charge in [-0.2, -0.15) is 0 Å². The van der Waals surface area contributed by atoms with E-state index in [1.807, 2.05) is 0 Å². The molecule has 2 unspecified atom stereocenters. The molecule has 0 aliphatic carbocycles. The SMILES string of the molecule is CCCC1C(C)CCN1C. The van der Waals surface area contributed by atoms with Gasteiger partial charge in [-0.25, -0.2) is 0 Å². The summed E-state index contributed by atoms with van der Waals surface area (Å²) in [4.78, 5) is 2.51. The van der Waals surface area contributed by atoms with Crippen LogP contribution in [0.1, 0.15) is 33.1 Å². The van der Waals surface area contributed by atoms with Gasteiger partial charge in [-0.1, -0.05) is 20.3 Å². The maximum absolute atomic E-state index is 2.51. The first-order chi connectivity index (χ1) is 4.75. The van der Waals surface area contributed by atoms with Crippen LogP contribution in [0.5, 0.6) is 0 Å². The Balaban J connectivity index is 2.38. The molecule has 0 bridgehead atoms. The molecule has 2 atom stereocenters. The zero-order valence-electron chi connectivity index (χ0n) is 7.43. The summed E-state index contributed by atoms with van der Waals surface area (Å²) in [5.74, 6) is 0.935. The van der Waals surface area contributed by atoms with Crippen LogP contribution in [0.15, 0.2) is 0 Å². The zero-order valence-corrected chi connectivity index (χ0v) is 7.43. The normalized spacial score (nSPS) is 35.1. The van der Waals surface area contributed by atoms with Crippen LogP contribution in [0, 0.1) is 5.92 Å². The minimum absolute atomic E-state index is 0.880. The summed E-state index contributed by atoms with van der Waals surface area (Å²) in [5, 5.41) is 0. The van der Waals surface area contributed by atoms with E-state index < -0.39 is 0 Å². The van der Waals surface area contributed by atoms with E-state index in [1.165, 1.54) is 25.8 Å². The van der Waals surface area contributed by atoms with Gasteiger partial charge in [-0.3, -0.25) is 0 Å². The van der Waals surface area contributed by atoms with Gasteiger partial charge in [0.1, 0.15) is 0 Å². The molecule has 10 heavy (non-hydrogen) atoms. The predicted octanol–water partition coefficient (Wildman–Crippen LogP) is 2.13. The summed E-state index contributed by atoms with van der Waals surface area (Å²) < 4.78 is 0. The summed E-state index contributed by atoms with van der Waals surface area (Å²) >= 11 is 0. The minimum Gasteiger partial charge on any atom is -0.303 e. The molecule has 1 nitrogen and oxygen atoms in total. The lowest BCUT2D eigenvalue weighted by atomic mass is 9.99. The average molecular weight is 141 g/mol. The lowest BCUT2D eigenvalue weighted by molar-refractivity contribution is 0.263. The molecule has 1 aliphatic rings. The van der Waals surface area contributed by atoms with E-state index in [0.29, 0.717) is 0 Å². The molecule has 1 rings (SSSR count). The second kappa shape index (κ2) is 3.38. The second-order valence-electron chi connectivity index (χ2n) is 3.60. The first-order valence-electron chi connectivity index (χ1n) is 4.46. The molecule has 0 saturated carbocycles. The van der Waals surface area contributed by atoms with Gasteiger partial charge < -0.3 is 4.90 Å². The molecule has 1 aliphatic heterocycles. The Morgan fingerprint density at radius 1 is 1.50 bits per heavy atom. The van der Waals surface area contributed by atoms with Gasteiger partial charge in [0, 0.05) is 6.04 Å². The molecule has 1 heterocycles. The maximum atomic E-state index is 2.51. The van der Waals surface area contributed by atoms with Gasteiger partial charge >= 0.3 is 0 Å². The molecule has 0 aromatic rings. The summed E-state index contributed by atoms with van der Waals surface area (Å²) in [5.41, 5.74) is 0. The van der Waals surface area contributed by atoms with Gasteiger partial charge in [0.25, 0.3) is 0 Å². The first kappa shape index (κ1) is 8.06. The van der Waals surface area contributed by atoms with Crippen LogP contribution in [0.25, 0.3) is 0 Å². The van der Waals surface area contributed by atoms with E-state index in [9.17, 15) is 0 Å². The third kappa shape index (κ3) is 1.51. The van der Waals surface area contributed by atoms with Crippen molar-refractivity contribution >= 4 is 0 Å². The van der Waals surface area contributed by atoms with Crippen molar-refractivity contribution in [3.63, 3.8) is 0 Å². The maximum Gasteiger partial charge on any atom is 0.0118 e. The Morgan fingerprint density at radius 3 is 2.60 bits per heavy atom. The number of rotatable bonds is 2. The van der Waals surface area contributed by atoms with Gasteiger partial charge in [0.05, 0.1) is 0 Å². The molecule has 0 aromatic heterocycles. The van der Waals surface area contributed by atoms with Crippen LogP contribution in [0.3, 0.4) is 0 Å². The number of likely N-dealkylation sites (tertiary alicyclic amines) is 1. The highest BCUT2D eigenvalue weighted by Gasteiger charge is 2.26. The van der Waals surface area contributed by atoms with Crippen LogP contribution in [0.4, 0.5) is 0 Å². The first-order valence-corrected chi connectivity index (χ1v) is 4.46. The van der Waals surface area contributed by atoms with Crippen molar-refractivity contribution in [1.29, 1.82) is 0 Å². The van der Waals surface area contributed by atoms with Crippen molar-refractivity contribution in [2.75, 3.05) is 13.6 Å². The van der Waals surface area contributed by atoms with Crippen molar-refractivity contribution in [1.82, 2.24) is 4.90 Å². The van der Waals surface area contributed by atoms with Gasteiger partial charge in [0.2, 0.25) is 0 Å². The fraction of sp³-hybridized carbons (Fsp3) is 1.00. The molecule has 0 aromatic carbocycles. The molecule has 0 spiro atoms. The quantitative estimate of drug-likeness (QED) is 0.569. The zero-order chi connectivity index (χ0) is 7.56. The van der Waals surface area contributed by atoms with Crippen molar-refractivity contribution in [3.8, 4) is 0 Å². The largest absolute Gasteiger partial charge is 0.303 e. The molecular formula is C9H19N. The Kier molecular flexibility index (Phi) is 2.72. The smallest absolute Gasteiger partial charge is 0.0118 e. The Labute approximate surface area is 64.4 Å².